The fraction of sp³-hybridized carbons (Fsp3) is 0.385. The third-order valence-electron chi connectivity index (χ3n) is 2.64. The number of anilines is 1. The highest BCUT2D eigenvalue weighted by Crippen LogP contribution is 2.32. The second-order valence-electron chi connectivity index (χ2n) is 4.27. The molecule has 0 fully saturated rings. The van der Waals surface area contributed by atoms with Gasteiger partial charge in [-0.15, -0.1) is 0 Å². The Kier molecular flexibility index (Phi) is 4.99. The van der Waals surface area contributed by atoms with Crippen molar-refractivity contribution in [3.05, 3.63) is 35.9 Å². The van der Waals surface area contributed by atoms with E-state index in [9.17, 15) is 8.42 Å². The van der Waals surface area contributed by atoms with Crippen LogP contribution in [0.3, 0.4) is 0 Å². The zero-order valence-electron chi connectivity index (χ0n) is 10.8. The summed E-state index contributed by atoms with van der Waals surface area (Å²) in [6, 6.07) is 5.66. The molecule has 1 rings (SSSR count). The first-order valence-electron chi connectivity index (χ1n) is 5.67. The number of rotatable bonds is 5. The predicted octanol–water partition coefficient (Wildman–Crippen LogP) is 3.55. The Balaban J connectivity index is 3.28. The van der Waals surface area contributed by atoms with Crippen LogP contribution in [0.15, 0.2) is 24.8 Å². The zero-order chi connectivity index (χ0) is 13.9. The molecule has 1 N–H and O–H groups in total. The third kappa shape index (κ3) is 3.85. The van der Waals surface area contributed by atoms with Gasteiger partial charge in [0.25, 0.3) is 0 Å². The molecule has 0 heterocycles. The van der Waals surface area contributed by atoms with E-state index in [0.717, 1.165) is 29.4 Å². The Bertz CT molecular complexity index is 552. The minimum absolute atomic E-state index is 0.138. The van der Waals surface area contributed by atoms with Crippen molar-refractivity contribution in [3.8, 4) is 0 Å². The van der Waals surface area contributed by atoms with E-state index in [2.05, 4.69) is 27.2 Å². The summed E-state index contributed by atoms with van der Waals surface area (Å²) in [6.07, 6.45) is 2.04. The van der Waals surface area contributed by atoms with Gasteiger partial charge in [-0.1, -0.05) is 47.6 Å². The molecule has 0 saturated carbocycles. The summed E-state index contributed by atoms with van der Waals surface area (Å²) in [7, 11) is -3.29. The molecule has 0 saturated heterocycles. The largest absolute Gasteiger partial charge is 0.283 e. The molecule has 0 aliphatic rings. The van der Waals surface area contributed by atoms with Crippen LogP contribution in [-0.4, -0.2) is 19.5 Å². The molecule has 5 heteroatoms. The molecule has 0 aliphatic carbocycles. The Hall–Kier alpha value is -0.810. The Labute approximate surface area is 117 Å². The smallest absolute Gasteiger partial charge is 0.229 e. The Morgan fingerprint density at radius 2 is 2.11 bits per heavy atom. The van der Waals surface area contributed by atoms with Crippen LogP contribution in [0.2, 0.25) is 0 Å². The second-order valence-corrected chi connectivity index (χ2v) is 7.13. The van der Waals surface area contributed by atoms with E-state index in [1.165, 1.54) is 0 Å². The van der Waals surface area contributed by atoms with Crippen LogP contribution in [0.4, 0.5) is 5.69 Å². The van der Waals surface area contributed by atoms with E-state index in [4.69, 9.17) is 0 Å². The van der Waals surface area contributed by atoms with Gasteiger partial charge in [-0.3, -0.25) is 4.72 Å². The standard InChI is InChI=1S/C13H18BrNO2S/c1-5-12(14)10(3)11-8-6-7-9(2)13(11)15-18(4,16)17/h6-8,12,15H,3,5H2,1-2,4H3. The number of alkyl halides is 1. The fourth-order valence-electron chi connectivity index (χ4n) is 1.67. The highest BCUT2D eigenvalue weighted by molar-refractivity contribution is 9.09. The average Bonchev–Trinajstić information content (AvgIpc) is 2.28. The van der Waals surface area contributed by atoms with E-state index in [1.54, 1.807) is 0 Å². The van der Waals surface area contributed by atoms with Crippen molar-refractivity contribution in [3.63, 3.8) is 0 Å². The molecule has 0 bridgehead atoms. The third-order valence-corrected chi connectivity index (χ3v) is 4.42. The van der Waals surface area contributed by atoms with Crippen LogP contribution < -0.4 is 4.72 Å². The maximum Gasteiger partial charge on any atom is 0.229 e. The van der Waals surface area contributed by atoms with Gasteiger partial charge in [-0.2, -0.15) is 0 Å². The van der Waals surface area contributed by atoms with Crippen LogP contribution in [0, 0.1) is 6.92 Å². The lowest BCUT2D eigenvalue weighted by atomic mass is 9.99. The number of nitrogens with one attached hydrogen (secondary N) is 1. The number of hydrogen-bond donors (Lipinski definition) is 1. The van der Waals surface area contributed by atoms with Gasteiger partial charge >= 0.3 is 0 Å². The monoisotopic (exact) mass is 331 g/mol. The number of para-hydroxylation sites is 1. The summed E-state index contributed by atoms with van der Waals surface area (Å²) in [5.74, 6) is 0. The highest BCUT2D eigenvalue weighted by Gasteiger charge is 2.16. The molecule has 100 valence electrons. The molecule has 0 aromatic heterocycles. The average molecular weight is 332 g/mol. The van der Waals surface area contributed by atoms with E-state index in [-0.39, 0.29) is 4.83 Å². The number of hydrogen-bond acceptors (Lipinski definition) is 2. The van der Waals surface area contributed by atoms with Crippen LogP contribution in [0.25, 0.3) is 5.57 Å². The molecule has 1 aromatic rings. The van der Waals surface area contributed by atoms with Gasteiger partial charge in [0.2, 0.25) is 10.0 Å². The summed E-state index contributed by atoms with van der Waals surface area (Å²) in [6.45, 7) is 7.97. The van der Waals surface area contributed by atoms with Crippen molar-refractivity contribution in [2.24, 2.45) is 0 Å². The SMILES string of the molecule is C=C(c1cccc(C)c1NS(C)(=O)=O)C(Br)CC. The Morgan fingerprint density at radius 3 is 2.61 bits per heavy atom. The number of allylic oxidation sites excluding steroid dienone is 1. The molecule has 18 heavy (non-hydrogen) atoms. The summed E-state index contributed by atoms with van der Waals surface area (Å²) >= 11 is 3.54. The zero-order valence-corrected chi connectivity index (χ0v) is 13.2. The van der Waals surface area contributed by atoms with E-state index in [0.29, 0.717) is 5.69 Å². The van der Waals surface area contributed by atoms with Gasteiger partial charge in [0, 0.05) is 10.4 Å². The predicted molar refractivity (Wildman–Crippen MR) is 81.7 cm³/mol. The second kappa shape index (κ2) is 5.89. The van der Waals surface area contributed by atoms with E-state index in [1.807, 2.05) is 32.0 Å². The van der Waals surface area contributed by atoms with E-state index < -0.39 is 10.0 Å². The summed E-state index contributed by atoms with van der Waals surface area (Å²) < 4.78 is 25.4. The van der Waals surface area contributed by atoms with Crippen molar-refractivity contribution in [2.75, 3.05) is 11.0 Å². The van der Waals surface area contributed by atoms with Crippen LogP contribution in [-0.2, 0) is 10.0 Å². The van der Waals surface area contributed by atoms with Crippen molar-refractivity contribution in [1.82, 2.24) is 0 Å². The lowest BCUT2D eigenvalue weighted by Crippen LogP contribution is -2.13. The minimum Gasteiger partial charge on any atom is -0.283 e. The minimum atomic E-state index is -3.29. The molecule has 1 atom stereocenters. The first-order chi connectivity index (χ1) is 8.26. The normalized spacial score (nSPS) is 13.1. The number of sulfonamides is 1. The van der Waals surface area contributed by atoms with Gasteiger partial charge in [-0.05, 0) is 24.5 Å². The van der Waals surface area contributed by atoms with E-state index >= 15 is 0 Å². The summed E-state index contributed by atoms with van der Waals surface area (Å²) in [5.41, 5.74) is 3.22. The van der Waals surface area contributed by atoms with Crippen molar-refractivity contribution in [1.29, 1.82) is 0 Å². The lowest BCUT2D eigenvalue weighted by Gasteiger charge is -2.18. The fourth-order valence-corrected chi connectivity index (χ4v) is 2.56. The molecular formula is C13H18BrNO2S. The van der Waals surface area contributed by atoms with Crippen LogP contribution in [0.1, 0.15) is 24.5 Å². The van der Waals surface area contributed by atoms with Crippen LogP contribution >= 0.6 is 15.9 Å². The molecular weight excluding hydrogens is 314 g/mol. The Morgan fingerprint density at radius 1 is 1.50 bits per heavy atom. The van der Waals surface area contributed by atoms with Gasteiger partial charge in [-0.25, -0.2) is 8.42 Å². The molecule has 1 unspecified atom stereocenters. The summed E-state index contributed by atoms with van der Waals surface area (Å²) in [5, 5.41) is 0. The van der Waals surface area contributed by atoms with Gasteiger partial charge < -0.3 is 0 Å². The number of benzene rings is 1. The topological polar surface area (TPSA) is 46.2 Å². The first-order valence-corrected chi connectivity index (χ1v) is 8.47. The van der Waals surface area contributed by atoms with Gasteiger partial charge in [0.15, 0.2) is 0 Å². The van der Waals surface area contributed by atoms with Crippen molar-refractivity contribution < 1.29 is 8.42 Å². The van der Waals surface area contributed by atoms with Gasteiger partial charge in [0.1, 0.15) is 0 Å². The molecule has 0 aliphatic heterocycles. The summed E-state index contributed by atoms with van der Waals surface area (Å²) in [4.78, 5) is 0.138. The van der Waals surface area contributed by atoms with Crippen molar-refractivity contribution >= 4 is 37.2 Å². The maximum atomic E-state index is 11.4. The quantitative estimate of drug-likeness (QED) is 0.838. The highest BCUT2D eigenvalue weighted by atomic mass is 79.9. The number of aryl methyl sites for hydroxylation is 1. The molecule has 0 amide bonds. The van der Waals surface area contributed by atoms with Gasteiger partial charge in [0.05, 0.1) is 11.9 Å². The molecule has 0 spiro atoms. The van der Waals surface area contributed by atoms with Crippen molar-refractivity contribution in [2.45, 2.75) is 25.1 Å². The molecule has 3 nitrogen and oxygen atoms in total. The molecule has 1 aromatic carbocycles. The van der Waals surface area contributed by atoms with Crippen LogP contribution in [0.5, 0.6) is 0 Å². The maximum absolute atomic E-state index is 11.4. The first kappa shape index (κ1) is 15.2. The lowest BCUT2D eigenvalue weighted by molar-refractivity contribution is 0.606. The molecule has 0 radical (unpaired) electrons. The number of halogens is 1.